The van der Waals surface area contributed by atoms with Gasteiger partial charge in [-0.15, -0.1) is 0 Å². The van der Waals surface area contributed by atoms with Gasteiger partial charge in [0.1, 0.15) is 6.33 Å². The van der Waals surface area contributed by atoms with Crippen LogP contribution in [0.2, 0.25) is 5.28 Å². The lowest BCUT2D eigenvalue weighted by Gasteiger charge is -2.28. The number of aliphatic hydroxyl groups excluding tert-OH is 1. The molecule has 0 radical (unpaired) electrons. The van der Waals surface area contributed by atoms with Gasteiger partial charge in [0, 0.05) is 24.5 Å². The number of hydrogen-bond donors (Lipinski definition) is 2. The Labute approximate surface area is 122 Å². The van der Waals surface area contributed by atoms with Crippen LogP contribution in [-0.2, 0) is 0 Å². The van der Waals surface area contributed by atoms with Crippen molar-refractivity contribution in [1.82, 2.24) is 24.5 Å². The molecule has 0 bridgehead atoms. The largest absolute Gasteiger partial charge is 0.396 e. The van der Waals surface area contributed by atoms with Crippen LogP contribution in [0.3, 0.4) is 0 Å². The normalized spacial score (nSPS) is 14.0. The predicted octanol–water partition coefficient (Wildman–Crippen LogP) is 1.67. The maximum absolute atomic E-state index is 9.14. The number of nitrogens with one attached hydrogen (secondary N) is 1. The second-order valence-corrected chi connectivity index (χ2v) is 5.05. The molecule has 0 spiro atoms. The zero-order chi connectivity index (χ0) is 14.6. The Bertz CT molecular complexity index is 561. The number of hydrogen-bond acceptors (Lipinski definition) is 6. The van der Waals surface area contributed by atoms with Crippen LogP contribution in [0.4, 0.5) is 5.95 Å². The summed E-state index contributed by atoms with van der Waals surface area (Å²) in [5.41, 5.74) is -0.300. The summed E-state index contributed by atoms with van der Waals surface area (Å²) in [6.07, 6.45) is 6.35. The first-order valence-electron chi connectivity index (χ1n) is 6.35. The molecule has 0 aliphatic carbocycles. The molecular weight excluding hydrogens is 280 g/mol. The molecule has 8 heteroatoms. The Balaban J connectivity index is 2.28. The zero-order valence-electron chi connectivity index (χ0n) is 11.4. The lowest BCUT2D eigenvalue weighted by atomic mass is 9.95. The summed E-state index contributed by atoms with van der Waals surface area (Å²) < 4.78 is 1.65. The number of imidazole rings is 1. The fourth-order valence-corrected chi connectivity index (χ4v) is 1.89. The Kier molecular flexibility index (Phi) is 4.51. The van der Waals surface area contributed by atoms with E-state index in [-0.39, 0.29) is 17.4 Å². The van der Waals surface area contributed by atoms with Crippen LogP contribution in [0, 0.1) is 0 Å². The standard InChI is InChI=1S/C12H17ClN6O/c1-3-12(2,4-7-20)18-10-15-9(13)16-11(17-10)19-6-5-14-8-19/h5-6,8,20H,3-4,7H2,1-2H3,(H,15,16,17,18). The summed E-state index contributed by atoms with van der Waals surface area (Å²) >= 11 is 5.93. The molecule has 0 aromatic carbocycles. The molecule has 0 fully saturated rings. The van der Waals surface area contributed by atoms with Crippen LogP contribution in [0.1, 0.15) is 26.7 Å². The van der Waals surface area contributed by atoms with Gasteiger partial charge in [0.2, 0.25) is 17.2 Å². The van der Waals surface area contributed by atoms with Crippen LogP contribution in [-0.4, -0.2) is 41.8 Å². The van der Waals surface area contributed by atoms with Crippen molar-refractivity contribution in [2.45, 2.75) is 32.2 Å². The third-order valence-electron chi connectivity index (χ3n) is 3.19. The van der Waals surface area contributed by atoms with E-state index in [1.165, 1.54) is 0 Å². The van der Waals surface area contributed by atoms with Crippen molar-refractivity contribution >= 4 is 17.5 Å². The molecule has 7 nitrogen and oxygen atoms in total. The van der Waals surface area contributed by atoms with Gasteiger partial charge in [-0.1, -0.05) is 6.92 Å². The molecule has 2 heterocycles. The van der Waals surface area contributed by atoms with Crippen molar-refractivity contribution in [2.24, 2.45) is 0 Å². The van der Waals surface area contributed by atoms with Gasteiger partial charge in [-0.05, 0) is 31.4 Å². The minimum Gasteiger partial charge on any atom is -0.396 e. The molecule has 2 aromatic rings. The maximum atomic E-state index is 9.14. The van der Waals surface area contributed by atoms with Crippen molar-refractivity contribution < 1.29 is 5.11 Å². The van der Waals surface area contributed by atoms with Gasteiger partial charge < -0.3 is 10.4 Å². The molecule has 0 aliphatic heterocycles. The van der Waals surface area contributed by atoms with Gasteiger partial charge in [-0.2, -0.15) is 15.0 Å². The quantitative estimate of drug-likeness (QED) is 0.843. The summed E-state index contributed by atoms with van der Waals surface area (Å²) in [6.45, 7) is 4.12. The van der Waals surface area contributed by atoms with Crippen LogP contribution < -0.4 is 5.32 Å². The highest BCUT2D eigenvalue weighted by Gasteiger charge is 2.23. The molecule has 1 unspecified atom stereocenters. The Morgan fingerprint density at radius 3 is 2.80 bits per heavy atom. The summed E-state index contributed by atoms with van der Waals surface area (Å²) in [4.78, 5) is 16.4. The SMILES string of the molecule is CCC(C)(CCO)Nc1nc(Cl)nc(-n2ccnc2)n1. The average molecular weight is 297 g/mol. The monoisotopic (exact) mass is 296 g/mol. The fourth-order valence-electron chi connectivity index (χ4n) is 1.73. The van der Waals surface area contributed by atoms with Crippen LogP contribution in [0.15, 0.2) is 18.7 Å². The van der Waals surface area contributed by atoms with Gasteiger partial charge in [-0.3, -0.25) is 4.57 Å². The van der Waals surface area contributed by atoms with Crippen LogP contribution in [0.5, 0.6) is 0 Å². The summed E-state index contributed by atoms with van der Waals surface area (Å²) in [7, 11) is 0. The lowest BCUT2D eigenvalue weighted by molar-refractivity contribution is 0.251. The van der Waals surface area contributed by atoms with Gasteiger partial charge >= 0.3 is 0 Å². The van der Waals surface area contributed by atoms with Gasteiger partial charge in [0.05, 0.1) is 0 Å². The van der Waals surface area contributed by atoms with E-state index in [0.717, 1.165) is 6.42 Å². The summed E-state index contributed by atoms with van der Waals surface area (Å²) in [5, 5.41) is 12.5. The maximum Gasteiger partial charge on any atom is 0.241 e. The highest BCUT2D eigenvalue weighted by Crippen LogP contribution is 2.20. The third kappa shape index (κ3) is 3.43. The Hall–Kier alpha value is -1.73. The van der Waals surface area contributed by atoms with E-state index in [1.54, 1.807) is 23.3 Å². The first-order valence-corrected chi connectivity index (χ1v) is 6.73. The smallest absolute Gasteiger partial charge is 0.241 e. The summed E-state index contributed by atoms with van der Waals surface area (Å²) in [6, 6.07) is 0. The third-order valence-corrected chi connectivity index (χ3v) is 3.36. The molecular formula is C12H17ClN6O. The molecule has 1 atom stereocenters. The molecule has 2 rings (SSSR count). The van der Waals surface area contributed by atoms with Crippen molar-refractivity contribution in [1.29, 1.82) is 0 Å². The van der Waals surface area contributed by atoms with Crippen molar-refractivity contribution in [3.05, 3.63) is 24.0 Å². The van der Waals surface area contributed by atoms with Gasteiger partial charge in [-0.25, -0.2) is 4.98 Å². The number of anilines is 1. The number of aromatic nitrogens is 5. The van der Waals surface area contributed by atoms with E-state index in [2.05, 4.69) is 25.3 Å². The zero-order valence-corrected chi connectivity index (χ0v) is 12.2. The minimum atomic E-state index is -0.300. The topological polar surface area (TPSA) is 88.8 Å². The fraction of sp³-hybridized carbons (Fsp3) is 0.500. The van der Waals surface area contributed by atoms with Gasteiger partial charge in [0.15, 0.2) is 0 Å². The Morgan fingerprint density at radius 1 is 1.40 bits per heavy atom. The van der Waals surface area contributed by atoms with Gasteiger partial charge in [0.25, 0.3) is 0 Å². The summed E-state index contributed by atoms with van der Waals surface area (Å²) in [5.74, 6) is 0.777. The molecule has 0 saturated carbocycles. The highest BCUT2D eigenvalue weighted by atomic mass is 35.5. The lowest BCUT2D eigenvalue weighted by Crippen LogP contribution is -2.36. The minimum absolute atomic E-state index is 0.0878. The van der Waals surface area contributed by atoms with Crippen molar-refractivity contribution in [2.75, 3.05) is 11.9 Å². The van der Waals surface area contributed by atoms with E-state index in [4.69, 9.17) is 16.7 Å². The molecule has 2 aromatic heterocycles. The molecule has 0 amide bonds. The predicted molar refractivity (Wildman–Crippen MR) is 76.0 cm³/mol. The van der Waals surface area contributed by atoms with E-state index in [9.17, 15) is 0 Å². The number of aliphatic hydroxyl groups is 1. The Morgan fingerprint density at radius 2 is 2.20 bits per heavy atom. The first-order chi connectivity index (χ1) is 9.56. The second-order valence-electron chi connectivity index (χ2n) is 4.71. The van der Waals surface area contributed by atoms with E-state index < -0.39 is 0 Å². The highest BCUT2D eigenvalue weighted by molar-refractivity contribution is 6.28. The first kappa shape index (κ1) is 14.7. The molecule has 108 valence electrons. The number of nitrogens with zero attached hydrogens (tertiary/aromatic N) is 5. The number of rotatable bonds is 6. The van der Waals surface area contributed by atoms with Crippen molar-refractivity contribution in [3.63, 3.8) is 0 Å². The molecule has 20 heavy (non-hydrogen) atoms. The van der Waals surface area contributed by atoms with E-state index in [1.807, 2.05) is 13.8 Å². The van der Waals surface area contributed by atoms with E-state index in [0.29, 0.717) is 18.3 Å². The van der Waals surface area contributed by atoms with E-state index >= 15 is 0 Å². The number of halogens is 1. The van der Waals surface area contributed by atoms with Crippen LogP contribution >= 0.6 is 11.6 Å². The molecule has 0 saturated heterocycles. The molecule has 0 aliphatic rings. The average Bonchev–Trinajstić information content (AvgIpc) is 2.92. The second kappa shape index (κ2) is 6.15. The molecule has 2 N–H and O–H groups in total. The van der Waals surface area contributed by atoms with Crippen molar-refractivity contribution in [3.8, 4) is 5.95 Å². The van der Waals surface area contributed by atoms with Crippen LogP contribution in [0.25, 0.3) is 5.95 Å².